The van der Waals surface area contributed by atoms with Gasteiger partial charge in [0.1, 0.15) is 5.82 Å². The number of nitrogens with zero attached hydrogens (tertiary/aromatic N) is 4. The first kappa shape index (κ1) is 16.1. The molecule has 1 aromatic heterocycles. The molecule has 3 aromatic rings. The van der Waals surface area contributed by atoms with Gasteiger partial charge in [-0.05, 0) is 59.0 Å². The standard InChI is InChI=1S/C15H14FN5O2S/c1-24(22,23)14-8-6-13(7-9-14)21-15(18-19-20-21)10-17-12-4-2-11(16)3-5-12/h2-9,17H,10H2,1H3. The Balaban J connectivity index is 1.78. The van der Waals surface area contributed by atoms with E-state index in [1.165, 1.54) is 28.9 Å². The molecule has 3 rings (SSSR count). The van der Waals surface area contributed by atoms with Crippen LogP contribution in [0.4, 0.5) is 10.1 Å². The van der Waals surface area contributed by atoms with Crippen LogP contribution in [0.2, 0.25) is 0 Å². The molecule has 0 aliphatic rings. The van der Waals surface area contributed by atoms with Gasteiger partial charge in [-0.1, -0.05) is 0 Å². The van der Waals surface area contributed by atoms with Crippen LogP contribution in [0.25, 0.3) is 5.69 Å². The monoisotopic (exact) mass is 347 g/mol. The summed E-state index contributed by atoms with van der Waals surface area (Å²) >= 11 is 0. The third-order valence-electron chi connectivity index (χ3n) is 3.34. The van der Waals surface area contributed by atoms with Crippen LogP contribution >= 0.6 is 0 Å². The minimum absolute atomic E-state index is 0.227. The molecule has 1 heterocycles. The minimum atomic E-state index is -3.25. The highest BCUT2D eigenvalue weighted by atomic mass is 32.2. The number of anilines is 1. The van der Waals surface area contributed by atoms with E-state index in [9.17, 15) is 12.8 Å². The SMILES string of the molecule is CS(=O)(=O)c1ccc(-n2nnnc2CNc2ccc(F)cc2)cc1. The van der Waals surface area contributed by atoms with Crippen LogP contribution in [0.15, 0.2) is 53.4 Å². The molecule has 0 atom stereocenters. The second kappa shape index (κ2) is 6.36. The molecule has 0 fully saturated rings. The summed E-state index contributed by atoms with van der Waals surface area (Å²) in [6, 6.07) is 12.2. The summed E-state index contributed by atoms with van der Waals surface area (Å²) in [5.41, 5.74) is 1.38. The average Bonchev–Trinajstić information content (AvgIpc) is 3.02. The highest BCUT2D eigenvalue weighted by molar-refractivity contribution is 7.90. The third-order valence-corrected chi connectivity index (χ3v) is 4.47. The van der Waals surface area contributed by atoms with E-state index in [0.717, 1.165) is 11.9 Å². The summed E-state index contributed by atoms with van der Waals surface area (Å²) < 4.78 is 37.4. The number of halogens is 1. The van der Waals surface area contributed by atoms with E-state index >= 15 is 0 Å². The Hall–Kier alpha value is -2.81. The molecular weight excluding hydrogens is 333 g/mol. The van der Waals surface area contributed by atoms with Crippen molar-refractivity contribution >= 4 is 15.5 Å². The molecule has 0 bridgehead atoms. The summed E-state index contributed by atoms with van der Waals surface area (Å²) in [4.78, 5) is 0.227. The molecule has 0 radical (unpaired) electrons. The van der Waals surface area contributed by atoms with E-state index in [4.69, 9.17) is 0 Å². The van der Waals surface area contributed by atoms with Crippen molar-refractivity contribution in [2.24, 2.45) is 0 Å². The van der Waals surface area contributed by atoms with Gasteiger partial charge in [-0.3, -0.25) is 0 Å². The van der Waals surface area contributed by atoms with Gasteiger partial charge in [0.25, 0.3) is 0 Å². The molecule has 1 N–H and O–H groups in total. The summed E-state index contributed by atoms with van der Waals surface area (Å²) in [6.07, 6.45) is 1.15. The minimum Gasteiger partial charge on any atom is -0.378 e. The molecule has 0 saturated carbocycles. The fourth-order valence-electron chi connectivity index (χ4n) is 2.10. The zero-order valence-corrected chi connectivity index (χ0v) is 13.5. The van der Waals surface area contributed by atoms with E-state index < -0.39 is 9.84 Å². The van der Waals surface area contributed by atoms with Crippen molar-refractivity contribution in [1.29, 1.82) is 0 Å². The molecule has 2 aromatic carbocycles. The lowest BCUT2D eigenvalue weighted by Crippen LogP contribution is -2.09. The molecule has 9 heteroatoms. The predicted octanol–water partition coefficient (Wildman–Crippen LogP) is 1.82. The molecule has 0 spiro atoms. The van der Waals surface area contributed by atoms with Gasteiger partial charge in [0, 0.05) is 11.9 Å². The van der Waals surface area contributed by atoms with E-state index in [-0.39, 0.29) is 10.7 Å². The van der Waals surface area contributed by atoms with Crippen LogP contribution in [0.1, 0.15) is 5.82 Å². The maximum atomic E-state index is 12.9. The smallest absolute Gasteiger partial charge is 0.175 e. The van der Waals surface area contributed by atoms with Gasteiger partial charge >= 0.3 is 0 Å². The van der Waals surface area contributed by atoms with Gasteiger partial charge in [-0.2, -0.15) is 4.68 Å². The number of hydrogen-bond donors (Lipinski definition) is 1. The highest BCUT2D eigenvalue weighted by Gasteiger charge is 2.11. The maximum absolute atomic E-state index is 12.9. The second-order valence-electron chi connectivity index (χ2n) is 5.13. The second-order valence-corrected chi connectivity index (χ2v) is 7.15. The number of nitrogens with one attached hydrogen (secondary N) is 1. The van der Waals surface area contributed by atoms with E-state index in [0.29, 0.717) is 18.1 Å². The van der Waals surface area contributed by atoms with Crippen molar-refractivity contribution in [2.75, 3.05) is 11.6 Å². The Morgan fingerprint density at radius 3 is 2.38 bits per heavy atom. The van der Waals surface area contributed by atoms with Crippen molar-refractivity contribution in [2.45, 2.75) is 11.4 Å². The van der Waals surface area contributed by atoms with E-state index in [2.05, 4.69) is 20.8 Å². The molecule has 0 unspecified atom stereocenters. The Bertz CT molecular complexity index is 937. The van der Waals surface area contributed by atoms with Crippen LogP contribution in [0, 0.1) is 5.82 Å². The van der Waals surface area contributed by atoms with Crippen LogP contribution < -0.4 is 5.32 Å². The highest BCUT2D eigenvalue weighted by Crippen LogP contribution is 2.15. The largest absolute Gasteiger partial charge is 0.378 e. The lowest BCUT2D eigenvalue weighted by Gasteiger charge is -2.08. The number of sulfone groups is 1. The first-order valence-corrected chi connectivity index (χ1v) is 8.90. The Morgan fingerprint density at radius 2 is 1.75 bits per heavy atom. The van der Waals surface area contributed by atoms with Crippen molar-refractivity contribution in [1.82, 2.24) is 20.2 Å². The Kier molecular flexibility index (Phi) is 4.26. The average molecular weight is 347 g/mol. The van der Waals surface area contributed by atoms with Crippen LogP contribution in [0.3, 0.4) is 0 Å². The van der Waals surface area contributed by atoms with Crippen LogP contribution in [-0.4, -0.2) is 34.9 Å². The summed E-state index contributed by atoms with van der Waals surface area (Å²) in [6.45, 7) is 0.326. The summed E-state index contributed by atoms with van der Waals surface area (Å²) in [5, 5.41) is 14.6. The van der Waals surface area contributed by atoms with Gasteiger partial charge < -0.3 is 5.32 Å². The molecule has 7 nitrogen and oxygen atoms in total. The van der Waals surface area contributed by atoms with Gasteiger partial charge in [0.2, 0.25) is 0 Å². The lowest BCUT2D eigenvalue weighted by atomic mass is 10.3. The van der Waals surface area contributed by atoms with Crippen molar-refractivity contribution in [3.63, 3.8) is 0 Å². The molecule has 0 saturated heterocycles. The zero-order valence-electron chi connectivity index (χ0n) is 12.7. The maximum Gasteiger partial charge on any atom is 0.175 e. The number of rotatable bonds is 5. The van der Waals surface area contributed by atoms with Gasteiger partial charge in [-0.25, -0.2) is 12.8 Å². The third kappa shape index (κ3) is 3.57. The predicted molar refractivity (Wildman–Crippen MR) is 86.0 cm³/mol. The molecule has 0 amide bonds. The molecule has 0 aliphatic carbocycles. The molecule has 24 heavy (non-hydrogen) atoms. The number of aromatic nitrogens is 4. The summed E-state index contributed by atoms with van der Waals surface area (Å²) in [7, 11) is -3.25. The number of tetrazole rings is 1. The lowest BCUT2D eigenvalue weighted by molar-refractivity contribution is 0.602. The van der Waals surface area contributed by atoms with Gasteiger partial charge in [-0.15, -0.1) is 5.10 Å². The first-order valence-electron chi connectivity index (χ1n) is 7.01. The van der Waals surface area contributed by atoms with Crippen LogP contribution in [0.5, 0.6) is 0 Å². The van der Waals surface area contributed by atoms with E-state index in [1.807, 2.05) is 0 Å². The Labute approximate surface area is 138 Å². The topological polar surface area (TPSA) is 89.8 Å². The molecule has 0 aliphatic heterocycles. The first-order chi connectivity index (χ1) is 11.4. The van der Waals surface area contributed by atoms with E-state index in [1.54, 1.807) is 24.3 Å². The number of hydrogen-bond acceptors (Lipinski definition) is 6. The van der Waals surface area contributed by atoms with Crippen molar-refractivity contribution < 1.29 is 12.8 Å². The fourth-order valence-corrected chi connectivity index (χ4v) is 2.73. The van der Waals surface area contributed by atoms with Crippen molar-refractivity contribution in [3.8, 4) is 5.69 Å². The summed E-state index contributed by atoms with van der Waals surface area (Å²) in [5.74, 6) is 0.225. The van der Waals surface area contributed by atoms with Gasteiger partial charge in [0.15, 0.2) is 15.7 Å². The number of benzene rings is 2. The molecule has 124 valence electrons. The van der Waals surface area contributed by atoms with Crippen LogP contribution in [-0.2, 0) is 16.4 Å². The van der Waals surface area contributed by atoms with Crippen molar-refractivity contribution in [3.05, 3.63) is 60.2 Å². The fraction of sp³-hybridized carbons (Fsp3) is 0.133. The normalized spacial score (nSPS) is 11.4. The quantitative estimate of drug-likeness (QED) is 0.757. The Morgan fingerprint density at radius 1 is 1.08 bits per heavy atom. The zero-order chi connectivity index (χ0) is 17.2. The molecular formula is C15H14FN5O2S. The van der Waals surface area contributed by atoms with Gasteiger partial charge in [0.05, 0.1) is 17.1 Å².